The van der Waals surface area contributed by atoms with Crippen LogP contribution in [0.1, 0.15) is 28.0 Å². The predicted octanol–water partition coefficient (Wildman–Crippen LogP) is 1.18. The zero-order chi connectivity index (χ0) is 19.4. The summed E-state index contributed by atoms with van der Waals surface area (Å²) in [4.78, 5) is 39.7. The van der Waals surface area contributed by atoms with Crippen molar-refractivity contribution in [3.8, 4) is 0 Å². The highest BCUT2D eigenvalue weighted by atomic mass is 16.6. The van der Waals surface area contributed by atoms with E-state index in [1.165, 1.54) is 17.0 Å². The van der Waals surface area contributed by atoms with Gasteiger partial charge in [-0.3, -0.25) is 14.3 Å². The highest BCUT2D eigenvalue weighted by Crippen LogP contribution is 2.15. The number of furan rings is 1. The topological polar surface area (TPSA) is 110 Å². The summed E-state index contributed by atoms with van der Waals surface area (Å²) in [6, 6.07) is 4.67. The Balaban J connectivity index is 1.61. The van der Waals surface area contributed by atoms with Gasteiger partial charge in [0.25, 0.3) is 11.8 Å². The Morgan fingerprint density at radius 3 is 2.56 bits per heavy atom. The maximum atomic E-state index is 12.7. The molecule has 1 fully saturated rings. The van der Waals surface area contributed by atoms with Crippen molar-refractivity contribution in [3.05, 3.63) is 35.9 Å². The molecule has 3 amide bonds. The van der Waals surface area contributed by atoms with Crippen LogP contribution in [0.25, 0.3) is 0 Å². The first-order valence-electron chi connectivity index (χ1n) is 8.59. The molecule has 1 aliphatic heterocycles. The van der Waals surface area contributed by atoms with Crippen molar-refractivity contribution in [2.45, 2.75) is 6.92 Å². The quantitative estimate of drug-likeness (QED) is 0.859. The summed E-state index contributed by atoms with van der Waals surface area (Å²) in [7, 11) is 1.63. The minimum absolute atomic E-state index is 0.166. The molecule has 3 rings (SSSR count). The number of hydrogen-bond acceptors (Lipinski definition) is 6. The summed E-state index contributed by atoms with van der Waals surface area (Å²) in [6.07, 6.45) is 1.04. The van der Waals surface area contributed by atoms with E-state index in [2.05, 4.69) is 10.4 Å². The van der Waals surface area contributed by atoms with Gasteiger partial charge in [-0.1, -0.05) is 0 Å². The summed E-state index contributed by atoms with van der Waals surface area (Å²) >= 11 is 0. The number of piperazine rings is 1. The van der Waals surface area contributed by atoms with Crippen LogP contribution in [0.2, 0.25) is 0 Å². The fourth-order valence-corrected chi connectivity index (χ4v) is 2.74. The normalized spacial score (nSPS) is 14.1. The molecule has 144 valence electrons. The Morgan fingerprint density at radius 2 is 1.93 bits per heavy atom. The molecule has 10 heteroatoms. The first-order chi connectivity index (χ1) is 13.0. The van der Waals surface area contributed by atoms with Crippen molar-refractivity contribution in [1.82, 2.24) is 19.6 Å². The minimum Gasteiger partial charge on any atom is -0.459 e. The van der Waals surface area contributed by atoms with Gasteiger partial charge < -0.3 is 24.3 Å². The molecule has 0 bridgehead atoms. The molecular weight excluding hydrogens is 354 g/mol. The first-order valence-corrected chi connectivity index (χ1v) is 8.59. The lowest BCUT2D eigenvalue weighted by atomic mass is 10.3. The lowest BCUT2D eigenvalue weighted by Crippen LogP contribution is -2.50. The van der Waals surface area contributed by atoms with E-state index in [4.69, 9.17) is 9.15 Å². The molecule has 0 atom stereocenters. The summed E-state index contributed by atoms with van der Waals surface area (Å²) in [5.41, 5.74) is 0.219. The Kier molecular flexibility index (Phi) is 5.43. The third-order valence-corrected chi connectivity index (χ3v) is 4.18. The lowest BCUT2D eigenvalue weighted by Gasteiger charge is -2.33. The van der Waals surface area contributed by atoms with E-state index in [0.29, 0.717) is 38.6 Å². The average Bonchev–Trinajstić information content (AvgIpc) is 3.32. The van der Waals surface area contributed by atoms with Gasteiger partial charge in [-0.2, -0.15) is 5.10 Å². The van der Waals surface area contributed by atoms with Crippen LogP contribution in [0.3, 0.4) is 0 Å². The second-order valence-electron chi connectivity index (χ2n) is 5.95. The highest BCUT2D eigenvalue weighted by Gasteiger charge is 2.27. The maximum absolute atomic E-state index is 12.7. The standard InChI is InChI=1S/C17H21N5O5/c1-3-26-17(25)22-8-6-21(7-9-22)16(24)12-11-14(20(2)19-12)18-15(23)13-5-4-10-27-13/h4-5,10-11H,3,6-9H2,1-2H3,(H,18,23). The molecular formula is C17H21N5O5. The number of nitrogens with one attached hydrogen (secondary N) is 1. The Labute approximate surface area is 155 Å². The molecule has 0 unspecified atom stereocenters. The summed E-state index contributed by atoms with van der Waals surface area (Å²) in [5.74, 6) is -0.137. The predicted molar refractivity (Wildman–Crippen MR) is 94.4 cm³/mol. The number of carbonyl (C=O) groups is 3. The Hall–Kier alpha value is -3.30. The first kappa shape index (κ1) is 18.5. The molecule has 0 saturated carbocycles. The fourth-order valence-electron chi connectivity index (χ4n) is 2.74. The Morgan fingerprint density at radius 1 is 1.22 bits per heavy atom. The number of nitrogens with zero attached hydrogens (tertiary/aromatic N) is 4. The van der Waals surface area contributed by atoms with E-state index >= 15 is 0 Å². The van der Waals surface area contributed by atoms with E-state index in [1.54, 1.807) is 35.9 Å². The van der Waals surface area contributed by atoms with Crippen LogP contribution in [-0.2, 0) is 11.8 Å². The van der Waals surface area contributed by atoms with Crippen LogP contribution in [0, 0.1) is 0 Å². The maximum Gasteiger partial charge on any atom is 0.409 e. The van der Waals surface area contributed by atoms with E-state index in [9.17, 15) is 14.4 Å². The van der Waals surface area contributed by atoms with Crippen molar-refractivity contribution in [1.29, 1.82) is 0 Å². The Bertz CT molecular complexity index is 821. The van der Waals surface area contributed by atoms with E-state index in [-0.39, 0.29) is 23.5 Å². The number of ether oxygens (including phenoxy) is 1. The van der Waals surface area contributed by atoms with Crippen molar-refractivity contribution in [2.75, 3.05) is 38.1 Å². The molecule has 10 nitrogen and oxygen atoms in total. The van der Waals surface area contributed by atoms with E-state index in [0.717, 1.165) is 0 Å². The number of hydrogen-bond donors (Lipinski definition) is 1. The van der Waals surface area contributed by atoms with Gasteiger partial charge in [0, 0.05) is 39.3 Å². The number of aromatic nitrogens is 2. The zero-order valence-electron chi connectivity index (χ0n) is 15.2. The molecule has 1 saturated heterocycles. The SMILES string of the molecule is CCOC(=O)N1CCN(C(=O)c2cc(NC(=O)c3ccco3)n(C)n2)CC1. The molecule has 2 aromatic rings. The second kappa shape index (κ2) is 7.94. The van der Waals surface area contributed by atoms with Gasteiger partial charge >= 0.3 is 6.09 Å². The van der Waals surface area contributed by atoms with Gasteiger partial charge in [0.1, 0.15) is 5.82 Å². The monoisotopic (exact) mass is 375 g/mol. The molecule has 0 aromatic carbocycles. The van der Waals surface area contributed by atoms with Crippen molar-refractivity contribution in [2.24, 2.45) is 7.05 Å². The molecule has 1 N–H and O–H groups in total. The molecule has 1 aliphatic rings. The van der Waals surface area contributed by atoms with Crippen molar-refractivity contribution in [3.63, 3.8) is 0 Å². The van der Waals surface area contributed by atoms with Crippen LogP contribution in [0.15, 0.2) is 28.9 Å². The van der Waals surface area contributed by atoms with Crippen molar-refractivity contribution >= 4 is 23.7 Å². The van der Waals surface area contributed by atoms with Gasteiger partial charge in [-0.05, 0) is 19.1 Å². The number of aryl methyl sites for hydroxylation is 1. The van der Waals surface area contributed by atoms with Crippen LogP contribution in [0.5, 0.6) is 0 Å². The van der Waals surface area contributed by atoms with Crippen molar-refractivity contribution < 1.29 is 23.5 Å². The van der Waals surface area contributed by atoms with Gasteiger partial charge in [-0.25, -0.2) is 4.79 Å². The van der Waals surface area contributed by atoms with E-state index < -0.39 is 5.91 Å². The fraction of sp³-hybridized carbons (Fsp3) is 0.412. The number of rotatable bonds is 4. The number of anilines is 1. The third kappa shape index (κ3) is 4.10. The van der Waals surface area contributed by atoms with Crippen LogP contribution < -0.4 is 5.32 Å². The summed E-state index contributed by atoms with van der Waals surface area (Å²) in [6.45, 7) is 3.66. The zero-order valence-corrected chi connectivity index (χ0v) is 15.2. The molecule has 27 heavy (non-hydrogen) atoms. The number of amides is 3. The van der Waals surface area contributed by atoms with Crippen LogP contribution >= 0.6 is 0 Å². The summed E-state index contributed by atoms with van der Waals surface area (Å²) in [5, 5.41) is 6.83. The third-order valence-electron chi connectivity index (χ3n) is 4.18. The van der Waals surface area contributed by atoms with Crippen LogP contribution in [-0.4, -0.2) is 70.3 Å². The highest BCUT2D eigenvalue weighted by molar-refractivity contribution is 6.02. The second-order valence-corrected chi connectivity index (χ2v) is 5.95. The lowest BCUT2D eigenvalue weighted by molar-refractivity contribution is 0.0565. The molecule has 0 spiro atoms. The smallest absolute Gasteiger partial charge is 0.409 e. The molecule has 0 aliphatic carbocycles. The van der Waals surface area contributed by atoms with Gasteiger partial charge in [0.2, 0.25) is 0 Å². The molecule has 3 heterocycles. The minimum atomic E-state index is -0.426. The van der Waals surface area contributed by atoms with Gasteiger partial charge in [-0.15, -0.1) is 0 Å². The van der Waals surface area contributed by atoms with Crippen LogP contribution in [0.4, 0.5) is 10.6 Å². The van der Waals surface area contributed by atoms with E-state index in [1.807, 2.05) is 0 Å². The molecule has 2 aromatic heterocycles. The number of carbonyl (C=O) groups excluding carboxylic acids is 3. The molecule has 0 radical (unpaired) electrons. The van der Waals surface area contributed by atoms with Gasteiger partial charge in [0.05, 0.1) is 12.9 Å². The van der Waals surface area contributed by atoms with Gasteiger partial charge in [0.15, 0.2) is 11.5 Å². The average molecular weight is 375 g/mol. The largest absolute Gasteiger partial charge is 0.459 e. The summed E-state index contributed by atoms with van der Waals surface area (Å²) < 4.78 is 11.4.